The molecule has 4 bridgehead atoms. The molecule has 1 amide bonds. The number of nitro benzene ring substituents is 1. The summed E-state index contributed by atoms with van der Waals surface area (Å²) in [4.78, 5) is 27.5. The summed E-state index contributed by atoms with van der Waals surface area (Å²) < 4.78 is 0. The van der Waals surface area contributed by atoms with Gasteiger partial charge in [0.2, 0.25) is 5.17 Å². The second-order valence-corrected chi connectivity index (χ2v) is 10.4. The Morgan fingerprint density at radius 2 is 1.87 bits per heavy atom. The third-order valence-corrected chi connectivity index (χ3v) is 8.49. The van der Waals surface area contributed by atoms with Gasteiger partial charge in [0.05, 0.1) is 10.5 Å². The van der Waals surface area contributed by atoms with Crippen molar-refractivity contribution in [3.05, 3.63) is 45.5 Å². The Hall–Kier alpha value is -2.81. The number of hydrogen-bond acceptors (Lipinski definition) is 6. The number of thioether (sulfide) groups is 1. The largest absolute Gasteiger partial charge is 0.283 e. The third kappa shape index (κ3) is 2.97. The molecule has 0 spiro atoms. The number of nitro groups is 1. The van der Waals surface area contributed by atoms with E-state index in [2.05, 4.69) is 4.99 Å². The minimum Gasteiger partial charge on any atom is -0.282 e. The molecule has 158 valence electrons. The Kier molecular flexibility index (Phi) is 4.02. The second kappa shape index (κ2) is 6.59. The summed E-state index contributed by atoms with van der Waals surface area (Å²) in [5.41, 5.74) is 0.595. The van der Waals surface area contributed by atoms with Crippen molar-refractivity contribution >= 4 is 45.5 Å². The van der Waals surface area contributed by atoms with Crippen LogP contribution in [0.5, 0.6) is 0 Å². The zero-order valence-corrected chi connectivity index (χ0v) is 17.6. The Morgan fingerprint density at radius 3 is 2.52 bits per heavy atom. The fraction of sp³-hybridized carbons (Fsp3) is 0.455. The number of benzene rings is 1. The molecule has 0 unspecified atom stereocenters. The minimum atomic E-state index is -0.503. The number of rotatable bonds is 3. The van der Waals surface area contributed by atoms with Crippen molar-refractivity contribution in [2.24, 2.45) is 33.3 Å². The number of nitrogens with one attached hydrogen (secondary N) is 1. The summed E-state index contributed by atoms with van der Waals surface area (Å²) in [7, 11) is 0. The normalized spacial score (nSPS) is 34.8. The van der Waals surface area contributed by atoms with E-state index in [0.29, 0.717) is 10.7 Å². The van der Waals surface area contributed by atoms with Crippen molar-refractivity contribution in [2.75, 3.05) is 0 Å². The molecule has 2 heterocycles. The summed E-state index contributed by atoms with van der Waals surface area (Å²) in [6.07, 6.45) is 8.97. The summed E-state index contributed by atoms with van der Waals surface area (Å²) in [6.45, 7) is 0. The van der Waals surface area contributed by atoms with E-state index in [1.807, 2.05) is 0 Å². The highest BCUT2D eigenvalue weighted by Crippen LogP contribution is 2.62. The van der Waals surface area contributed by atoms with Crippen LogP contribution in [-0.2, 0) is 4.79 Å². The van der Waals surface area contributed by atoms with Gasteiger partial charge < -0.3 is 0 Å². The van der Waals surface area contributed by atoms with Gasteiger partial charge in [-0.1, -0.05) is 12.1 Å². The topological polar surface area (TPSA) is 112 Å². The lowest BCUT2D eigenvalue weighted by Gasteiger charge is -2.56. The maximum Gasteiger partial charge on any atom is 0.283 e. The first-order valence-electron chi connectivity index (χ1n) is 10.7. The Balaban J connectivity index is 1.32. The van der Waals surface area contributed by atoms with Crippen molar-refractivity contribution in [1.29, 1.82) is 5.41 Å². The van der Waals surface area contributed by atoms with Gasteiger partial charge in [0.1, 0.15) is 5.04 Å². The first-order valence-corrected chi connectivity index (χ1v) is 11.5. The smallest absolute Gasteiger partial charge is 0.282 e. The van der Waals surface area contributed by atoms with Crippen molar-refractivity contribution in [3.8, 4) is 0 Å². The van der Waals surface area contributed by atoms with Crippen LogP contribution in [0.1, 0.15) is 44.1 Å². The number of amidine groups is 2. The van der Waals surface area contributed by atoms with Crippen LogP contribution in [0, 0.1) is 38.7 Å². The average molecular weight is 436 g/mol. The van der Waals surface area contributed by atoms with Crippen molar-refractivity contribution in [3.63, 3.8) is 0 Å². The van der Waals surface area contributed by atoms with Gasteiger partial charge in [-0.2, -0.15) is 15.1 Å². The van der Waals surface area contributed by atoms with E-state index in [9.17, 15) is 14.9 Å². The number of aliphatic imine (C=N–C) groups is 1. The Bertz CT molecular complexity index is 1100. The van der Waals surface area contributed by atoms with Gasteiger partial charge in [-0.3, -0.25) is 20.3 Å². The Morgan fingerprint density at radius 1 is 1.19 bits per heavy atom. The van der Waals surface area contributed by atoms with Crippen LogP contribution in [0.2, 0.25) is 0 Å². The molecule has 4 fully saturated rings. The van der Waals surface area contributed by atoms with Gasteiger partial charge in [0.25, 0.3) is 11.6 Å². The lowest BCUT2D eigenvalue weighted by molar-refractivity contribution is -0.384. The van der Waals surface area contributed by atoms with Gasteiger partial charge in [0, 0.05) is 17.5 Å². The molecule has 1 aromatic rings. The summed E-state index contributed by atoms with van der Waals surface area (Å²) in [5, 5.41) is 27.4. The molecular weight excluding hydrogens is 414 g/mol. The number of amides is 1. The lowest BCUT2D eigenvalue weighted by Crippen LogP contribution is -2.49. The number of carbonyl (C=O) groups excluding carboxylic acids is 1. The van der Waals surface area contributed by atoms with E-state index >= 15 is 0 Å². The number of non-ortho nitro benzene ring substituents is 1. The fourth-order valence-electron chi connectivity index (χ4n) is 6.47. The molecule has 0 radical (unpaired) electrons. The number of carbonyl (C=O) groups is 1. The van der Waals surface area contributed by atoms with Crippen LogP contribution >= 0.6 is 11.8 Å². The van der Waals surface area contributed by atoms with Gasteiger partial charge in [-0.25, -0.2) is 0 Å². The molecule has 4 saturated carbocycles. The number of fused-ring (bicyclic) bond motifs is 1. The number of hydrazone groups is 1. The fourth-order valence-corrected chi connectivity index (χ4v) is 7.58. The van der Waals surface area contributed by atoms with E-state index in [4.69, 9.17) is 10.5 Å². The maximum atomic E-state index is 12.7. The van der Waals surface area contributed by atoms with Crippen molar-refractivity contribution in [1.82, 2.24) is 5.01 Å². The highest BCUT2D eigenvalue weighted by atomic mass is 32.2. The highest BCUT2D eigenvalue weighted by molar-refractivity contribution is 8.27. The molecule has 9 heteroatoms. The molecule has 1 aromatic carbocycles. The van der Waals surface area contributed by atoms with Crippen LogP contribution in [0.15, 0.2) is 39.9 Å². The summed E-state index contributed by atoms with van der Waals surface area (Å²) in [6, 6.07) is 6.01. The molecule has 7 rings (SSSR count). The number of hydrogen-bond donors (Lipinski definition) is 1. The summed E-state index contributed by atoms with van der Waals surface area (Å²) >= 11 is 1.45. The Labute approximate surface area is 183 Å². The van der Waals surface area contributed by atoms with Crippen LogP contribution in [0.4, 0.5) is 5.69 Å². The SMILES string of the molecule is N=C1C(=Cc2cccc([N+](=O)[O-])c2)C(=O)N=C2SC(C34CC5CC(CC(C5)C3)C4)=NN12. The van der Waals surface area contributed by atoms with Crippen LogP contribution < -0.4 is 0 Å². The average Bonchev–Trinajstić information content (AvgIpc) is 3.15. The molecule has 0 aromatic heterocycles. The van der Waals surface area contributed by atoms with Crippen molar-refractivity contribution < 1.29 is 9.72 Å². The molecule has 2 aliphatic heterocycles. The van der Waals surface area contributed by atoms with E-state index in [1.165, 1.54) is 54.2 Å². The van der Waals surface area contributed by atoms with Crippen LogP contribution in [0.3, 0.4) is 0 Å². The predicted octanol–water partition coefficient (Wildman–Crippen LogP) is 4.43. The van der Waals surface area contributed by atoms with E-state index < -0.39 is 10.8 Å². The quantitative estimate of drug-likeness (QED) is 0.429. The van der Waals surface area contributed by atoms with E-state index in [-0.39, 0.29) is 22.5 Å². The first kappa shape index (κ1) is 18.9. The first-order chi connectivity index (χ1) is 14.9. The molecule has 4 aliphatic carbocycles. The summed E-state index contributed by atoms with van der Waals surface area (Å²) in [5.74, 6) is 1.81. The minimum absolute atomic E-state index is 0.0197. The van der Waals surface area contributed by atoms with Gasteiger partial charge >= 0.3 is 0 Å². The van der Waals surface area contributed by atoms with Gasteiger partial charge in [0.15, 0.2) is 5.84 Å². The second-order valence-electron chi connectivity index (χ2n) is 9.48. The molecule has 8 nitrogen and oxygen atoms in total. The molecule has 31 heavy (non-hydrogen) atoms. The van der Waals surface area contributed by atoms with Crippen molar-refractivity contribution in [2.45, 2.75) is 38.5 Å². The van der Waals surface area contributed by atoms with E-state index in [1.54, 1.807) is 12.1 Å². The molecule has 6 aliphatic rings. The predicted molar refractivity (Wildman–Crippen MR) is 119 cm³/mol. The molecule has 1 N–H and O–H groups in total. The van der Waals surface area contributed by atoms with Crippen LogP contribution in [0.25, 0.3) is 6.08 Å². The maximum absolute atomic E-state index is 12.7. The number of nitrogens with zero attached hydrogens (tertiary/aromatic N) is 4. The monoisotopic (exact) mass is 435 g/mol. The van der Waals surface area contributed by atoms with Gasteiger partial charge in [-0.15, -0.1) is 0 Å². The third-order valence-electron chi connectivity index (χ3n) is 7.34. The van der Waals surface area contributed by atoms with Crippen LogP contribution in [-0.4, -0.2) is 31.9 Å². The van der Waals surface area contributed by atoms with Gasteiger partial charge in [-0.05, 0) is 79.7 Å². The molecular formula is C22H21N5O3S. The lowest BCUT2D eigenvalue weighted by atomic mass is 9.50. The van der Waals surface area contributed by atoms with E-state index in [0.717, 1.165) is 42.1 Å². The standard InChI is InChI=1S/C22H21N5O3S/c23-18-17(8-12-2-1-3-16(7-12)27(29)30)19(28)24-21-26(18)25-20(31-21)22-9-13-4-14(10-22)6-15(5-13)11-22/h1-3,7-8,13-15,23H,4-6,9-11H2. The zero-order chi connectivity index (χ0) is 21.3. The molecule has 0 saturated heterocycles. The highest BCUT2D eigenvalue weighted by Gasteiger charge is 2.55. The molecule has 0 atom stereocenters. The zero-order valence-electron chi connectivity index (χ0n) is 16.8.